The highest BCUT2D eigenvalue weighted by atomic mass is 31.2. The van der Waals surface area contributed by atoms with Gasteiger partial charge in [0.15, 0.2) is 5.78 Å². The molecule has 0 unspecified atom stereocenters. The number of hydrogen-bond acceptors (Lipinski definition) is 6. The van der Waals surface area contributed by atoms with Crippen LogP contribution >= 0.6 is 7.82 Å². The standard InChI is InChI=1S/C35H54NO6P/c1-11-40-43(39,41-12-2)42-22-35-17-15-30(3,4)20-23(35)28-25(37)19-27-32(7)21-24(36-10)29(38)31(5,6)26(32)13-14-33(27,8)34(28,9)16-18-35/h21,23,26-28H,11-20,22H2,1-9H3/t23-,26-,27+,28-,32-,33+,34+,35+/m0/s1. The SMILES string of the molecule is [C-]#[N+]C1=C[C@]2(C)[C@H]3CC(=O)[C@@H]4[C@@H]5CC(C)(C)CC[C@]5(COP(=O)(OCC)OCC)CC[C@@]4(C)[C@]3(C)CC[C@H]2C(C)(C)C1=O. The van der Waals surface area contributed by atoms with Crippen molar-refractivity contribution in [2.45, 2.75) is 114 Å². The summed E-state index contributed by atoms with van der Waals surface area (Å²) in [7, 11) is -3.69. The molecule has 0 aromatic carbocycles. The Bertz CT molecular complexity index is 1290. The van der Waals surface area contributed by atoms with Crippen LogP contribution in [0, 0.1) is 62.7 Å². The fourth-order valence-electron chi connectivity index (χ4n) is 11.3. The van der Waals surface area contributed by atoms with Crippen LogP contribution < -0.4 is 0 Å². The first-order chi connectivity index (χ1) is 19.9. The average Bonchev–Trinajstić information content (AvgIpc) is 2.91. The highest BCUT2D eigenvalue weighted by Gasteiger charge is 2.72. The van der Waals surface area contributed by atoms with Crippen molar-refractivity contribution in [3.63, 3.8) is 0 Å². The molecule has 5 rings (SSSR count). The number of carbonyl (C=O) groups excluding carboxylic acids is 2. The summed E-state index contributed by atoms with van der Waals surface area (Å²) in [6, 6.07) is 0. The van der Waals surface area contributed by atoms with E-state index in [0.29, 0.717) is 12.2 Å². The Labute approximate surface area is 259 Å². The van der Waals surface area contributed by atoms with Crippen molar-refractivity contribution in [3.05, 3.63) is 23.2 Å². The highest BCUT2D eigenvalue weighted by Crippen LogP contribution is 2.76. The van der Waals surface area contributed by atoms with Crippen LogP contribution in [0.4, 0.5) is 0 Å². The van der Waals surface area contributed by atoms with Gasteiger partial charge in [-0.2, -0.15) is 0 Å². The van der Waals surface area contributed by atoms with Gasteiger partial charge in [0.2, 0.25) is 5.70 Å². The minimum absolute atomic E-state index is 0.0527. The summed E-state index contributed by atoms with van der Waals surface area (Å²) in [6.45, 7) is 27.8. The number of rotatable bonds is 7. The van der Waals surface area contributed by atoms with Crippen LogP contribution in [0.15, 0.2) is 11.8 Å². The monoisotopic (exact) mass is 615 g/mol. The van der Waals surface area contributed by atoms with Gasteiger partial charge in [-0.25, -0.2) is 9.41 Å². The second-order valence-electron chi connectivity index (χ2n) is 16.6. The molecule has 0 bridgehead atoms. The second kappa shape index (κ2) is 10.6. The molecule has 4 saturated carbocycles. The van der Waals surface area contributed by atoms with Crippen LogP contribution in [-0.4, -0.2) is 31.4 Å². The van der Waals surface area contributed by atoms with Crippen LogP contribution in [0.2, 0.25) is 0 Å². The number of hydrogen-bond donors (Lipinski definition) is 0. The van der Waals surface area contributed by atoms with Gasteiger partial charge in [0.1, 0.15) is 5.78 Å². The topological polar surface area (TPSA) is 83.3 Å². The maximum Gasteiger partial charge on any atom is 0.474 e. The second-order valence-corrected chi connectivity index (χ2v) is 18.2. The third-order valence-electron chi connectivity index (χ3n) is 13.7. The minimum Gasteiger partial charge on any atom is -0.307 e. The van der Waals surface area contributed by atoms with E-state index in [1.54, 1.807) is 13.8 Å². The van der Waals surface area contributed by atoms with Crippen LogP contribution in [-0.2, 0) is 27.7 Å². The average molecular weight is 616 g/mol. The fraction of sp³-hybridized carbons (Fsp3) is 0.857. The molecule has 8 heteroatoms. The Hall–Kier alpha value is -1.32. The first kappa shape index (κ1) is 33.1. The highest BCUT2D eigenvalue weighted by molar-refractivity contribution is 7.48. The molecule has 43 heavy (non-hydrogen) atoms. The number of phosphoric acid groups is 1. The first-order valence-corrected chi connectivity index (χ1v) is 18.1. The van der Waals surface area contributed by atoms with E-state index < -0.39 is 18.7 Å². The molecule has 5 aliphatic carbocycles. The van der Waals surface area contributed by atoms with Gasteiger partial charge in [0.25, 0.3) is 0 Å². The van der Waals surface area contributed by atoms with Crippen molar-refractivity contribution in [1.29, 1.82) is 0 Å². The van der Waals surface area contributed by atoms with Crippen molar-refractivity contribution in [3.8, 4) is 0 Å². The van der Waals surface area contributed by atoms with Gasteiger partial charge in [0, 0.05) is 17.8 Å². The van der Waals surface area contributed by atoms with Gasteiger partial charge < -0.3 is 4.79 Å². The van der Waals surface area contributed by atoms with Crippen molar-refractivity contribution < 1.29 is 27.7 Å². The van der Waals surface area contributed by atoms with E-state index in [2.05, 4.69) is 39.5 Å². The molecule has 0 spiro atoms. The van der Waals surface area contributed by atoms with Gasteiger partial charge in [-0.05, 0) is 104 Å². The summed E-state index contributed by atoms with van der Waals surface area (Å²) in [5.74, 6) is 0.424. The molecule has 0 heterocycles. The molecular weight excluding hydrogens is 561 g/mol. The number of carbonyl (C=O) groups is 2. The lowest BCUT2D eigenvalue weighted by Gasteiger charge is -2.72. The molecule has 0 amide bonds. The molecule has 5 aliphatic rings. The predicted octanol–water partition coefficient (Wildman–Crippen LogP) is 8.84. The minimum atomic E-state index is -3.69. The maximum absolute atomic E-state index is 14.7. The molecule has 0 aliphatic heterocycles. The quantitative estimate of drug-likeness (QED) is 0.210. The number of nitrogens with zero attached hydrogens (tertiary/aromatic N) is 1. The Morgan fingerprint density at radius 2 is 1.51 bits per heavy atom. The van der Waals surface area contributed by atoms with E-state index in [4.69, 9.17) is 20.1 Å². The lowest BCUT2D eigenvalue weighted by Crippen LogP contribution is -2.69. The van der Waals surface area contributed by atoms with Gasteiger partial charge >= 0.3 is 7.82 Å². The number of phosphoric ester groups is 1. The molecule has 0 aromatic heterocycles. The molecule has 4 fully saturated rings. The predicted molar refractivity (Wildman–Crippen MR) is 167 cm³/mol. The zero-order chi connectivity index (χ0) is 31.9. The number of Topliss-reactive ketones (excluding diaryl/α,β-unsaturated/α-hetero) is 2. The Kier molecular flexibility index (Phi) is 8.16. The maximum atomic E-state index is 14.7. The lowest BCUT2D eigenvalue weighted by molar-refractivity contribution is -0.226. The van der Waals surface area contributed by atoms with E-state index in [1.165, 1.54) is 0 Å². The summed E-state index contributed by atoms with van der Waals surface area (Å²) in [4.78, 5) is 31.8. The van der Waals surface area contributed by atoms with Crippen molar-refractivity contribution >= 4 is 19.4 Å². The molecule has 7 nitrogen and oxygen atoms in total. The molecular formula is C35H54NO6P. The van der Waals surface area contributed by atoms with Gasteiger partial charge in [-0.3, -0.25) is 18.4 Å². The van der Waals surface area contributed by atoms with Crippen LogP contribution in [0.5, 0.6) is 0 Å². The number of fused-ring (bicyclic) bond motifs is 7. The smallest absolute Gasteiger partial charge is 0.307 e. The summed E-state index contributed by atoms with van der Waals surface area (Å²) in [5, 5.41) is 0. The molecule has 0 saturated heterocycles. The summed E-state index contributed by atoms with van der Waals surface area (Å²) >= 11 is 0. The molecule has 0 aromatic rings. The Balaban J connectivity index is 1.56. The zero-order valence-electron chi connectivity index (χ0n) is 28.0. The first-order valence-electron chi connectivity index (χ1n) is 16.6. The van der Waals surface area contributed by atoms with E-state index in [9.17, 15) is 14.2 Å². The van der Waals surface area contributed by atoms with Crippen molar-refractivity contribution in [2.24, 2.45) is 56.2 Å². The zero-order valence-corrected chi connectivity index (χ0v) is 28.9. The van der Waals surface area contributed by atoms with Crippen molar-refractivity contribution in [1.82, 2.24) is 0 Å². The third-order valence-corrected chi connectivity index (χ3v) is 15.3. The largest absolute Gasteiger partial charge is 0.474 e. The van der Waals surface area contributed by atoms with Gasteiger partial charge in [-0.15, -0.1) is 0 Å². The van der Waals surface area contributed by atoms with Gasteiger partial charge in [0.05, 0.1) is 26.4 Å². The van der Waals surface area contributed by atoms with E-state index in [-0.39, 0.29) is 76.6 Å². The van der Waals surface area contributed by atoms with Crippen LogP contribution in [0.25, 0.3) is 4.85 Å². The fourth-order valence-corrected chi connectivity index (χ4v) is 12.5. The molecule has 0 radical (unpaired) electrons. The summed E-state index contributed by atoms with van der Waals surface area (Å²) < 4.78 is 30.6. The van der Waals surface area contributed by atoms with E-state index in [0.717, 1.165) is 44.9 Å². The lowest BCUT2D eigenvalue weighted by atomic mass is 9.32. The Morgan fingerprint density at radius 1 is 0.884 bits per heavy atom. The van der Waals surface area contributed by atoms with Gasteiger partial charge in [-0.1, -0.05) is 54.5 Å². The third kappa shape index (κ3) is 4.79. The van der Waals surface area contributed by atoms with Crippen LogP contribution in [0.1, 0.15) is 114 Å². The summed E-state index contributed by atoms with van der Waals surface area (Å²) in [6.07, 6.45) is 9.02. The summed E-state index contributed by atoms with van der Waals surface area (Å²) in [5.41, 5.74) is -1.32. The number of allylic oxidation sites excluding steroid dienone is 2. The Morgan fingerprint density at radius 3 is 2.12 bits per heavy atom. The molecule has 0 N–H and O–H groups in total. The number of ketones is 2. The molecule has 240 valence electrons. The van der Waals surface area contributed by atoms with E-state index in [1.807, 2.05) is 19.9 Å². The van der Waals surface area contributed by atoms with E-state index >= 15 is 0 Å². The van der Waals surface area contributed by atoms with Crippen LogP contribution in [0.3, 0.4) is 0 Å². The van der Waals surface area contributed by atoms with Crippen molar-refractivity contribution in [2.75, 3.05) is 19.8 Å². The molecule has 8 atom stereocenters. The normalized spacial score (nSPS) is 43.4.